The number of fused-ring (bicyclic) bond motifs is 1. The van der Waals surface area contributed by atoms with E-state index in [0.717, 1.165) is 68.7 Å². The Morgan fingerprint density at radius 1 is 0.692 bits per heavy atom. The molecule has 210 valence electrons. The second-order valence-electron chi connectivity index (χ2n) is 10.6. The average molecular weight is 731 g/mol. The van der Waals surface area contributed by atoms with Gasteiger partial charge in [-0.1, -0.05) is 95.3 Å². The predicted molar refractivity (Wildman–Crippen MR) is 181 cm³/mol. The van der Waals surface area contributed by atoms with Gasteiger partial charge in [0.15, 0.2) is 0 Å². The normalized spacial score (nSPS) is 11.8. The smallest absolute Gasteiger partial charge is 0.125 e. The largest absolute Gasteiger partial charge is 0.234 e. The molecule has 0 atom stereocenters. The van der Waals surface area contributed by atoms with E-state index in [-0.39, 0.29) is 0 Å². The Labute approximate surface area is 268 Å². The van der Waals surface area contributed by atoms with Crippen LogP contribution in [0.3, 0.4) is 0 Å². The number of thiazole rings is 2. The fraction of sp³-hybridized carbons (Fsp3) is 0.484. The van der Waals surface area contributed by atoms with E-state index >= 15 is 0 Å². The first-order valence-electron chi connectivity index (χ1n) is 14.0. The maximum absolute atomic E-state index is 6.86. The van der Waals surface area contributed by atoms with Gasteiger partial charge in [-0.3, -0.25) is 0 Å². The fourth-order valence-corrected chi connectivity index (χ4v) is 9.24. The maximum Gasteiger partial charge on any atom is 0.125 e. The van der Waals surface area contributed by atoms with Gasteiger partial charge in [-0.25, -0.2) is 9.97 Å². The molecule has 2 aromatic heterocycles. The predicted octanol–water partition coefficient (Wildman–Crippen LogP) is 13.2. The Hall–Kier alpha value is -0.500. The van der Waals surface area contributed by atoms with Crippen LogP contribution in [0.15, 0.2) is 33.5 Å². The van der Waals surface area contributed by atoms with E-state index in [4.69, 9.17) is 33.2 Å². The monoisotopic (exact) mass is 728 g/mol. The first kappa shape index (κ1) is 31.4. The minimum atomic E-state index is 0.553. The molecule has 0 spiro atoms. The number of halogens is 4. The van der Waals surface area contributed by atoms with E-state index in [2.05, 4.69) is 64.8 Å². The van der Waals surface area contributed by atoms with Crippen LogP contribution in [0.25, 0.3) is 31.7 Å². The van der Waals surface area contributed by atoms with Gasteiger partial charge in [0.25, 0.3) is 0 Å². The third-order valence-electron chi connectivity index (χ3n) is 6.84. The third-order valence-corrected chi connectivity index (χ3v) is 11.4. The summed E-state index contributed by atoms with van der Waals surface area (Å²) >= 11 is 24.5. The Bertz CT molecular complexity index is 1400. The number of hydrogen-bond donors (Lipinski definition) is 0. The molecule has 4 aromatic rings. The Kier molecular flexibility index (Phi) is 12.2. The first-order chi connectivity index (χ1) is 18.8. The van der Waals surface area contributed by atoms with Crippen molar-refractivity contribution >= 4 is 88.5 Å². The molecule has 39 heavy (non-hydrogen) atoms. The summed E-state index contributed by atoms with van der Waals surface area (Å²) in [4.78, 5) is 11.7. The average Bonchev–Trinajstić information content (AvgIpc) is 3.43. The molecule has 2 nitrogen and oxygen atoms in total. The van der Waals surface area contributed by atoms with Crippen molar-refractivity contribution in [2.45, 2.75) is 91.4 Å². The minimum Gasteiger partial charge on any atom is -0.234 e. The van der Waals surface area contributed by atoms with Crippen molar-refractivity contribution in [3.63, 3.8) is 0 Å². The molecule has 2 heterocycles. The molecule has 0 N–H and O–H groups in total. The van der Waals surface area contributed by atoms with E-state index in [1.54, 1.807) is 22.7 Å². The van der Waals surface area contributed by atoms with E-state index in [1.165, 1.54) is 57.8 Å². The third kappa shape index (κ3) is 8.51. The number of nitrogens with zero attached hydrogens (tertiary/aromatic N) is 2. The topological polar surface area (TPSA) is 25.8 Å². The number of aryl methyl sites for hydroxylation is 1. The van der Waals surface area contributed by atoms with Crippen molar-refractivity contribution in [2.24, 2.45) is 5.92 Å². The standard InChI is InChI=1S/C31H36Br2Cl2N2S2/c1-4-5-6-7-8-9-10-11-12-13-26-36-30(32)28(38-26)22-15-20-18-25(35)23(16-21(20)17-24(22)34)29-31(33)37-27(39-29)14-19(2)3/h15-19H,4-14H2,1-3H3. The van der Waals surface area contributed by atoms with Crippen molar-refractivity contribution in [1.29, 1.82) is 0 Å². The summed E-state index contributed by atoms with van der Waals surface area (Å²) in [6.45, 7) is 6.69. The Balaban J connectivity index is 1.46. The zero-order valence-electron chi connectivity index (χ0n) is 22.9. The molecule has 0 radical (unpaired) electrons. The van der Waals surface area contributed by atoms with Crippen LogP contribution in [-0.4, -0.2) is 9.97 Å². The van der Waals surface area contributed by atoms with Gasteiger partial charge in [0.2, 0.25) is 0 Å². The molecular weight excluding hydrogens is 695 g/mol. The van der Waals surface area contributed by atoms with Crippen molar-refractivity contribution < 1.29 is 0 Å². The highest BCUT2D eigenvalue weighted by Crippen LogP contribution is 2.44. The molecule has 4 rings (SSSR count). The van der Waals surface area contributed by atoms with Gasteiger partial charge in [0.1, 0.15) is 9.21 Å². The fourth-order valence-electron chi connectivity index (χ4n) is 4.79. The molecule has 0 aliphatic rings. The van der Waals surface area contributed by atoms with Gasteiger partial charge in [0, 0.05) is 27.6 Å². The highest BCUT2D eigenvalue weighted by Gasteiger charge is 2.18. The molecule has 8 heteroatoms. The molecule has 0 unspecified atom stereocenters. The summed E-state index contributed by atoms with van der Waals surface area (Å²) in [7, 11) is 0. The summed E-state index contributed by atoms with van der Waals surface area (Å²) < 4.78 is 1.72. The number of benzene rings is 2. The lowest BCUT2D eigenvalue weighted by molar-refractivity contribution is 0.564. The zero-order chi connectivity index (χ0) is 27.9. The van der Waals surface area contributed by atoms with Crippen molar-refractivity contribution in [1.82, 2.24) is 9.97 Å². The van der Waals surface area contributed by atoms with Crippen LogP contribution >= 0.6 is 77.7 Å². The van der Waals surface area contributed by atoms with E-state index in [9.17, 15) is 0 Å². The van der Waals surface area contributed by atoms with Gasteiger partial charge in [-0.2, -0.15) is 0 Å². The van der Waals surface area contributed by atoms with Crippen LogP contribution in [0.2, 0.25) is 10.0 Å². The summed E-state index contributed by atoms with van der Waals surface area (Å²) in [5, 5.41) is 5.84. The van der Waals surface area contributed by atoms with E-state index in [0.29, 0.717) is 10.9 Å². The quantitative estimate of drug-likeness (QED) is 0.121. The maximum atomic E-state index is 6.86. The highest BCUT2D eigenvalue weighted by molar-refractivity contribution is 9.10. The molecule has 0 aliphatic heterocycles. The van der Waals surface area contributed by atoms with Crippen LogP contribution in [0, 0.1) is 5.92 Å². The van der Waals surface area contributed by atoms with Gasteiger partial charge >= 0.3 is 0 Å². The molecule has 2 aromatic carbocycles. The van der Waals surface area contributed by atoms with Crippen molar-refractivity contribution in [3.8, 4) is 20.9 Å². The van der Waals surface area contributed by atoms with Crippen LogP contribution in [0.4, 0.5) is 0 Å². The molecule has 0 bridgehead atoms. The number of aromatic nitrogens is 2. The first-order valence-corrected chi connectivity index (χ1v) is 18.0. The highest BCUT2D eigenvalue weighted by atomic mass is 79.9. The number of unbranched alkanes of at least 4 members (excludes halogenated alkanes) is 8. The zero-order valence-corrected chi connectivity index (χ0v) is 29.2. The Morgan fingerprint density at radius 3 is 1.67 bits per heavy atom. The minimum absolute atomic E-state index is 0.553. The summed E-state index contributed by atoms with van der Waals surface area (Å²) in [5.74, 6) is 0.553. The summed E-state index contributed by atoms with van der Waals surface area (Å²) in [5.41, 5.74) is 1.98. The SMILES string of the molecule is CCCCCCCCCCCc1nc(Br)c(-c2cc3cc(Cl)c(-c4sc(CC(C)C)nc4Br)cc3cc2Cl)s1. The summed E-state index contributed by atoms with van der Waals surface area (Å²) in [6.07, 6.45) is 13.9. The lowest BCUT2D eigenvalue weighted by Crippen LogP contribution is -1.91. The Morgan fingerprint density at radius 2 is 1.15 bits per heavy atom. The number of rotatable bonds is 14. The molecule has 0 fully saturated rings. The second kappa shape index (κ2) is 15.1. The van der Waals surface area contributed by atoms with E-state index in [1.807, 2.05) is 12.1 Å². The van der Waals surface area contributed by atoms with Crippen LogP contribution in [0.1, 0.15) is 88.6 Å². The van der Waals surface area contributed by atoms with Crippen LogP contribution in [0.5, 0.6) is 0 Å². The van der Waals surface area contributed by atoms with Crippen LogP contribution in [-0.2, 0) is 12.8 Å². The van der Waals surface area contributed by atoms with Crippen molar-refractivity contribution in [2.75, 3.05) is 0 Å². The molecule has 0 saturated heterocycles. The van der Waals surface area contributed by atoms with E-state index < -0.39 is 0 Å². The van der Waals surface area contributed by atoms with Gasteiger partial charge in [0.05, 0.1) is 19.8 Å². The lowest BCUT2D eigenvalue weighted by atomic mass is 10.0. The number of hydrogen-bond acceptors (Lipinski definition) is 4. The van der Waals surface area contributed by atoms with Gasteiger partial charge < -0.3 is 0 Å². The molecular formula is C31H36Br2Cl2N2S2. The molecule has 0 aliphatic carbocycles. The van der Waals surface area contributed by atoms with Gasteiger partial charge in [-0.05, 0) is 85.7 Å². The van der Waals surface area contributed by atoms with Gasteiger partial charge in [-0.15, -0.1) is 22.7 Å². The molecule has 0 amide bonds. The second-order valence-corrected chi connectivity index (χ2v) is 15.1. The van der Waals surface area contributed by atoms with Crippen LogP contribution < -0.4 is 0 Å². The lowest BCUT2D eigenvalue weighted by Gasteiger charge is -2.09. The summed E-state index contributed by atoms with van der Waals surface area (Å²) in [6, 6.07) is 8.35. The molecule has 0 saturated carbocycles. The van der Waals surface area contributed by atoms with Crippen molar-refractivity contribution in [3.05, 3.63) is 53.5 Å².